The Bertz CT molecular complexity index is 464. The van der Waals surface area contributed by atoms with Crippen LogP contribution >= 0.6 is 0 Å². The second-order valence-electron chi connectivity index (χ2n) is 3.46. The minimum atomic E-state index is 0.198. The lowest BCUT2D eigenvalue weighted by Gasteiger charge is -2.11. The third-order valence-electron chi connectivity index (χ3n) is 2.57. The molecule has 0 aliphatic heterocycles. The van der Waals surface area contributed by atoms with Gasteiger partial charge in [0.15, 0.2) is 5.88 Å². The monoisotopic (exact) mass is 205 g/mol. The van der Waals surface area contributed by atoms with Gasteiger partial charge < -0.3 is 10.1 Å². The Morgan fingerprint density at radius 1 is 1.47 bits per heavy atom. The van der Waals surface area contributed by atoms with Gasteiger partial charge in [0.2, 0.25) is 0 Å². The summed E-state index contributed by atoms with van der Waals surface area (Å²) in [7, 11) is 3.59. The first-order valence-electron chi connectivity index (χ1n) is 4.95. The normalized spacial score (nSPS) is 13.0. The lowest BCUT2D eigenvalue weighted by atomic mass is 10.3. The minimum absolute atomic E-state index is 0.198. The zero-order valence-electron chi connectivity index (χ0n) is 9.19. The van der Waals surface area contributed by atoms with E-state index in [9.17, 15) is 0 Å². The smallest absolute Gasteiger partial charge is 0.199 e. The van der Waals surface area contributed by atoms with Gasteiger partial charge in [-0.2, -0.15) is 0 Å². The van der Waals surface area contributed by atoms with Crippen molar-refractivity contribution in [3.63, 3.8) is 0 Å². The molecule has 0 amide bonds. The van der Waals surface area contributed by atoms with Crippen molar-refractivity contribution < 1.29 is 4.74 Å². The number of methoxy groups -OCH3 is 1. The van der Waals surface area contributed by atoms with E-state index in [-0.39, 0.29) is 6.04 Å². The summed E-state index contributed by atoms with van der Waals surface area (Å²) in [6.07, 6.45) is 1.85. The van der Waals surface area contributed by atoms with Crippen LogP contribution in [0.3, 0.4) is 0 Å². The predicted octanol–water partition coefficient (Wildman–Crippen LogP) is 1.62. The van der Waals surface area contributed by atoms with Gasteiger partial charge in [0.1, 0.15) is 5.82 Å². The second kappa shape index (κ2) is 3.90. The molecule has 2 aromatic rings. The first-order chi connectivity index (χ1) is 7.27. The van der Waals surface area contributed by atoms with Crippen LogP contribution in [-0.4, -0.2) is 23.5 Å². The summed E-state index contributed by atoms with van der Waals surface area (Å²) in [4.78, 5) is 4.40. The third-order valence-corrected chi connectivity index (χ3v) is 2.57. The topological polar surface area (TPSA) is 38.6 Å². The summed E-state index contributed by atoms with van der Waals surface area (Å²) >= 11 is 0. The van der Waals surface area contributed by atoms with Gasteiger partial charge in [0.25, 0.3) is 0 Å². The Balaban J connectivity index is 2.65. The number of hydrogen-bond acceptors (Lipinski definition) is 3. The Morgan fingerprint density at radius 3 is 2.93 bits per heavy atom. The summed E-state index contributed by atoms with van der Waals surface area (Å²) in [6.45, 7) is 2.07. The van der Waals surface area contributed by atoms with Gasteiger partial charge in [-0.15, -0.1) is 0 Å². The molecule has 4 nitrogen and oxygen atoms in total. The minimum Gasteiger partial charge on any atom is -0.482 e. The molecule has 0 saturated heterocycles. The molecule has 2 rings (SSSR count). The number of fused-ring (bicyclic) bond motifs is 1. The highest BCUT2D eigenvalue weighted by molar-refractivity contribution is 5.49. The molecular weight excluding hydrogens is 190 g/mol. The number of aromatic nitrogens is 2. The Hall–Kier alpha value is -1.55. The highest BCUT2D eigenvalue weighted by Crippen LogP contribution is 2.20. The van der Waals surface area contributed by atoms with E-state index in [1.807, 2.05) is 35.8 Å². The van der Waals surface area contributed by atoms with E-state index in [1.54, 1.807) is 7.11 Å². The maximum absolute atomic E-state index is 5.32. The summed E-state index contributed by atoms with van der Waals surface area (Å²) in [5, 5.41) is 3.17. The number of pyridine rings is 1. The van der Waals surface area contributed by atoms with Crippen molar-refractivity contribution in [1.29, 1.82) is 0 Å². The van der Waals surface area contributed by atoms with Crippen molar-refractivity contribution in [3.05, 3.63) is 30.2 Å². The van der Waals surface area contributed by atoms with Crippen LogP contribution in [0.4, 0.5) is 0 Å². The molecule has 0 spiro atoms. The molecule has 2 heterocycles. The van der Waals surface area contributed by atoms with Crippen LogP contribution in [0, 0.1) is 0 Å². The fourth-order valence-corrected chi connectivity index (χ4v) is 1.64. The van der Waals surface area contributed by atoms with Crippen LogP contribution in [0.1, 0.15) is 18.8 Å². The molecule has 0 radical (unpaired) electrons. The second-order valence-corrected chi connectivity index (χ2v) is 3.46. The lowest BCUT2D eigenvalue weighted by molar-refractivity contribution is 0.387. The highest BCUT2D eigenvalue weighted by Gasteiger charge is 2.12. The van der Waals surface area contributed by atoms with Crippen molar-refractivity contribution in [2.75, 3.05) is 14.2 Å². The van der Waals surface area contributed by atoms with Crippen molar-refractivity contribution >= 4 is 5.52 Å². The molecule has 0 saturated carbocycles. The maximum Gasteiger partial charge on any atom is 0.199 e. The number of hydrogen-bond donors (Lipinski definition) is 1. The molecular formula is C11H15N3O. The van der Waals surface area contributed by atoms with E-state index >= 15 is 0 Å². The quantitative estimate of drug-likeness (QED) is 0.827. The Morgan fingerprint density at radius 2 is 2.27 bits per heavy atom. The van der Waals surface area contributed by atoms with E-state index in [4.69, 9.17) is 4.74 Å². The third kappa shape index (κ3) is 1.57. The van der Waals surface area contributed by atoms with Gasteiger partial charge >= 0.3 is 0 Å². The first-order valence-corrected chi connectivity index (χ1v) is 4.95. The van der Waals surface area contributed by atoms with Gasteiger partial charge in [-0.05, 0) is 26.1 Å². The van der Waals surface area contributed by atoms with E-state index in [2.05, 4.69) is 17.2 Å². The van der Waals surface area contributed by atoms with Crippen LogP contribution in [-0.2, 0) is 0 Å². The molecule has 15 heavy (non-hydrogen) atoms. The number of nitrogens with zero attached hydrogens (tertiary/aromatic N) is 2. The summed E-state index contributed by atoms with van der Waals surface area (Å²) in [5.74, 6) is 1.77. The first kappa shape index (κ1) is 9.98. The molecule has 2 aromatic heterocycles. The van der Waals surface area contributed by atoms with Crippen LogP contribution in [0.5, 0.6) is 5.88 Å². The fourth-order valence-electron chi connectivity index (χ4n) is 1.64. The molecule has 1 unspecified atom stereocenters. The van der Waals surface area contributed by atoms with Gasteiger partial charge in [0.05, 0.1) is 24.9 Å². The van der Waals surface area contributed by atoms with Crippen LogP contribution in [0.2, 0.25) is 0 Å². The molecule has 0 aliphatic rings. The van der Waals surface area contributed by atoms with Crippen LogP contribution < -0.4 is 10.1 Å². The average Bonchev–Trinajstić information content (AvgIpc) is 2.71. The van der Waals surface area contributed by atoms with E-state index in [0.29, 0.717) is 0 Å². The summed E-state index contributed by atoms with van der Waals surface area (Å²) in [6, 6.07) is 6.11. The van der Waals surface area contributed by atoms with Gasteiger partial charge in [0, 0.05) is 0 Å². The van der Waals surface area contributed by atoms with E-state index in [1.165, 1.54) is 0 Å². The largest absolute Gasteiger partial charge is 0.482 e. The van der Waals surface area contributed by atoms with E-state index in [0.717, 1.165) is 17.2 Å². The van der Waals surface area contributed by atoms with Crippen molar-refractivity contribution in [3.8, 4) is 5.88 Å². The SMILES string of the molecule is CNC(C)c1ncc2cccc(OC)n12. The van der Waals surface area contributed by atoms with Crippen LogP contribution in [0.25, 0.3) is 5.52 Å². The number of nitrogens with one attached hydrogen (secondary N) is 1. The Labute approximate surface area is 88.9 Å². The highest BCUT2D eigenvalue weighted by atomic mass is 16.5. The maximum atomic E-state index is 5.32. The van der Waals surface area contributed by atoms with Crippen molar-refractivity contribution in [2.24, 2.45) is 0 Å². The molecule has 4 heteroatoms. The Kier molecular flexibility index (Phi) is 2.60. The number of imidazole rings is 1. The fraction of sp³-hybridized carbons (Fsp3) is 0.364. The van der Waals surface area contributed by atoms with Crippen LogP contribution in [0.15, 0.2) is 24.4 Å². The molecule has 0 fully saturated rings. The van der Waals surface area contributed by atoms with Gasteiger partial charge in [-0.3, -0.25) is 4.40 Å². The summed E-state index contributed by atoms with van der Waals surface area (Å²) < 4.78 is 7.33. The van der Waals surface area contributed by atoms with Crippen molar-refractivity contribution in [2.45, 2.75) is 13.0 Å². The number of rotatable bonds is 3. The molecule has 1 N–H and O–H groups in total. The predicted molar refractivity (Wildman–Crippen MR) is 59.2 cm³/mol. The number of ether oxygens (including phenoxy) is 1. The molecule has 0 bridgehead atoms. The molecule has 0 aliphatic carbocycles. The summed E-state index contributed by atoms with van der Waals surface area (Å²) in [5.41, 5.74) is 1.05. The van der Waals surface area contributed by atoms with E-state index < -0.39 is 0 Å². The zero-order valence-corrected chi connectivity index (χ0v) is 9.19. The molecule has 1 atom stereocenters. The average molecular weight is 205 g/mol. The zero-order chi connectivity index (χ0) is 10.8. The standard InChI is InChI=1S/C11H15N3O/c1-8(12-2)11-13-7-9-5-4-6-10(15-3)14(9)11/h4-8,12H,1-3H3. The lowest BCUT2D eigenvalue weighted by Crippen LogP contribution is -2.16. The molecule has 0 aromatic carbocycles. The molecule has 80 valence electrons. The van der Waals surface area contributed by atoms with Gasteiger partial charge in [-0.1, -0.05) is 6.07 Å². The van der Waals surface area contributed by atoms with Crippen molar-refractivity contribution in [1.82, 2.24) is 14.7 Å². The van der Waals surface area contributed by atoms with Gasteiger partial charge in [-0.25, -0.2) is 4.98 Å².